The Morgan fingerprint density at radius 2 is 2.04 bits per heavy atom. The van der Waals surface area contributed by atoms with Gasteiger partial charge in [-0.05, 0) is 12.1 Å². The highest BCUT2D eigenvalue weighted by atomic mass is 32.2. The highest BCUT2D eigenvalue weighted by Crippen LogP contribution is 2.29. The second-order valence-corrected chi connectivity index (χ2v) is 8.41. The van der Waals surface area contributed by atoms with Gasteiger partial charge in [0.2, 0.25) is 15.9 Å². The number of amides is 1. The molecule has 3 rings (SSSR count). The van der Waals surface area contributed by atoms with Gasteiger partial charge >= 0.3 is 0 Å². The first-order valence-electron chi connectivity index (χ1n) is 8.32. The van der Waals surface area contributed by atoms with Crippen molar-refractivity contribution < 1.29 is 22.7 Å². The molecule has 9 nitrogen and oxygen atoms in total. The third-order valence-corrected chi connectivity index (χ3v) is 6.15. The number of ether oxygens (including phenoxy) is 2. The van der Waals surface area contributed by atoms with E-state index in [1.165, 1.54) is 43.8 Å². The number of carbonyl (C=O) groups is 1. The summed E-state index contributed by atoms with van der Waals surface area (Å²) in [6.45, 7) is 0.260. The van der Waals surface area contributed by atoms with Crippen molar-refractivity contribution in [3.05, 3.63) is 41.7 Å². The van der Waals surface area contributed by atoms with Crippen molar-refractivity contribution in [2.75, 3.05) is 20.8 Å². The van der Waals surface area contributed by atoms with Crippen molar-refractivity contribution in [2.45, 2.75) is 17.9 Å². The van der Waals surface area contributed by atoms with Gasteiger partial charge in [-0.2, -0.15) is 0 Å². The van der Waals surface area contributed by atoms with Gasteiger partial charge in [-0.15, -0.1) is 11.3 Å². The van der Waals surface area contributed by atoms with Gasteiger partial charge in [0.25, 0.3) is 0 Å². The molecule has 0 unspecified atom stereocenters. The number of nitrogens with one attached hydrogen (secondary N) is 2. The van der Waals surface area contributed by atoms with E-state index >= 15 is 0 Å². The van der Waals surface area contributed by atoms with E-state index in [9.17, 15) is 13.2 Å². The summed E-state index contributed by atoms with van der Waals surface area (Å²) in [6.07, 6.45) is 3.74. The van der Waals surface area contributed by atoms with Crippen LogP contribution < -0.4 is 19.5 Å². The summed E-state index contributed by atoms with van der Waals surface area (Å²) in [5.41, 5.74) is 0.742. The number of imidazole rings is 1. The summed E-state index contributed by atoms with van der Waals surface area (Å²) in [4.78, 5) is 17.2. The standard InChI is InChI=1S/C17H20N4O5S2/c1-25-14-4-3-13(9-15(14)26-2)28(23,24)19-6-5-16(22)18-10-12-11-21-7-8-27-17(21)20-12/h3-4,7-9,11,19H,5-6,10H2,1-2H3,(H,18,22). The Morgan fingerprint density at radius 1 is 1.25 bits per heavy atom. The summed E-state index contributed by atoms with van der Waals surface area (Å²) in [6, 6.07) is 4.29. The Balaban J connectivity index is 1.50. The lowest BCUT2D eigenvalue weighted by Gasteiger charge is -2.11. The zero-order chi connectivity index (χ0) is 20.1. The molecule has 0 bridgehead atoms. The number of hydrogen-bond acceptors (Lipinski definition) is 7. The lowest BCUT2D eigenvalue weighted by atomic mass is 10.3. The molecule has 2 heterocycles. The van der Waals surface area contributed by atoms with Crippen molar-refractivity contribution in [3.8, 4) is 11.5 Å². The van der Waals surface area contributed by atoms with E-state index in [-0.39, 0.29) is 30.3 Å². The highest BCUT2D eigenvalue weighted by Gasteiger charge is 2.17. The average Bonchev–Trinajstić information content (AvgIpc) is 3.27. The fraction of sp³-hybridized carbons (Fsp3) is 0.294. The lowest BCUT2D eigenvalue weighted by Crippen LogP contribution is -2.30. The molecule has 0 spiro atoms. The second kappa shape index (κ2) is 8.59. The van der Waals surface area contributed by atoms with E-state index in [1.54, 1.807) is 0 Å². The maximum absolute atomic E-state index is 12.4. The SMILES string of the molecule is COc1ccc(S(=O)(=O)NCCC(=O)NCc2cn3ccsc3n2)cc1OC. The monoisotopic (exact) mass is 424 g/mol. The Morgan fingerprint density at radius 3 is 2.75 bits per heavy atom. The van der Waals surface area contributed by atoms with Crippen LogP contribution in [-0.4, -0.2) is 44.5 Å². The molecule has 0 radical (unpaired) electrons. The molecule has 11 heteroatoms. The first-order valence-corrected chi connectivity index (χ1v) is 10.7. The molecule has 2 aromatic heterocycles. The van der Waals surface area contributed by atoms with Crippen LogP contribution in [0.2, 0.25) is 0 Å². The number of thiazole rings is 1. The Kier molecular flexibility index (Phi) is 6.17. The van der Waals surface area contributed by atoms with Crippen molar-refractivity contribution in [2.24, 2.45) is 0 Å². The number of sulfonamides is 1. The van der Waals surface area contributed by atoms with E-state index in [1.807, 2.05) is 22.2 Å². The Hall–Kier alpha value is -2.63. The highest BCUT2D eigenvalue weighted by molar-refractivity contribution is 7.89. The van der Waals surface area contributed by atoms with E-state index in [0.29, 0.717) is 11.5 Å². The topological polar surface area (TPSA) is 111 Å². The molecule has 28 heavy (non-hydrogen) atoms. The molecule has 2 N–H and O–H groups in total. The minimum absolute atomic E-state index is 0.00867. The summed E-state index contributed by atoms with van der Waals surface area (Å²) in [7, 11) is -0.876. The molecule has 0 fully saturated rings. The largest absolute Gasteiger partial charge is 0.493 e. The average molecular weight is 425 g/mol. The van der Waals surface area contributed by atoms with Crippen LogP contribution in [0.5, 0.6) is 11.5 Å². The second-order valence-electron chi connectivity index (χ2n) is 5.77. The van der Waals surface area contributed by atoms with Crippen molar-refractivity contribution in [1.29, 1.82) is 0 Å². The smallest absolute Gasteiger partial charge is 0.240 e. The number of methoxy groups -OCH3 is 2. The van der Waals surface area contributed by atoms with Crippen LogP contribution in [-0.2, 0) is 21.4 Å². The molecule has 0 saturated heterocycles. The molecule has 0 aliphatic rings. The maximum Gasteiger partial charge on any atom is 0.240 e. The van der Waals surface area contributed by atoms with E-state index in [4.69, 9.17) is 9.47 Å². The fourth-order valence-electron chi connectivity index (χ4n) is 2.50. The molecule has 1 amide bonds. The zero-order valence-corrected chi connectivity index (χ0v) is 17.0. The van der Waals surface area contributed by atoms with Crippen LogP contribution in [0, 0.1) is 0 Å². The number of fused-ring (bicyclic) bond motifs is 1. The minimum atomic E-state index is -3.77. The predicted octanol–water partition coefficient (Wildman–Crippen LogP) is 1.40. The number of carbonyl (C=O) groups excluding carboxylic acids is 1. The van der Waals surface area contributed by atoms with Crippen LogP contribution >= 0.6 is 11.3 Å². The van der Waals surface area contributed by atoms with E-state index < -0.39 is 10.0 Å². The van der Waals surface area contributed by atoms with Gasteiger partial charge in [-0.1, -0.05) is 0 Å². The van der Waals surface area contributed by atoms with E-state index in [2.05, 4.69) is 15.0 Å². The number of nitrogens with zero attached hydrogens (tertiary/aromatic N) is 2. The Labute approximate surface area is 166 Å². The summed E-state index contributed by atoms with van der Waals surface area (Å²) < 4.78 is 39.3. The molecule has 150 valence electrons. The van der Waals surface area contributed by atoms with Gasteiger partial charge in [0.15, 0.2) is 16.5 Å². The minimum Gasteiger partial charge on any atom is -0.493 e. The van der Waals surface area contributed by atoms with Crippen molar-refractivity contribution >= 4 is 32.2 Å². The Bertz CT molecular complexity index is 1050. The lowest BCUT2D eigenvalue weighted by molar-refractivity contribution is -0.121. The first-order chi connectivity index (χ1) is 13.4. The van der Waals surface area contributed by atoms with Crippen LogP contribution in [0.1, 0.15) is 12.1 Å². The van der Waals surface area contributed by atoms with Crippen molar-refractivity contribution in [3.63, 3.8) is 0 Å². The fourth-order valence-corrected chi connectivity index (χ4v) is 4.27. The number of aromatic nitrogens is 2. The van der Waals surface area contributed by atoms with E-state index in [0.717, 1.165) is 10.7 Å². The van der Waals surface area contributed by atoms with Crippen molar-refractivity contribution in [1.82, 2.24) is 19.4 Å². The molecule has 0 aliphatic carbocycles. The third kappa shape index (κ3) is 4.61. The summed E-state index contributed by atoms with van der Waals surface area (Å²) in [5, 5.41) is 4.65. The predicted molar refractivity (Wildman–Crippen MR) is 104 cm³/mol. The van der Waals surface area contributed by atoms with Crippen LogP contribution in [0.15, 0.2) is 40.9 Å². The third-order valence-electron chi connectivity index (χ3n) is 3.92. The number of rotatable bonds is 9. The number of benzene rings is 1. The van der Waals surface area contributed by atoms with Gasteiger partial charge in [-0.3, -0.25) is 9.20 Å². The molecular formula is C17H20N4O5S2. The molecule has 0 aliphatic heterocycles. The zero-order valence-electron chi connectivity index (χ0n) is 15.3. The van der Waals surface area contributed by atoms with Crippen LogP contribution in [0.4, 0.5) is 0 Å². The molecule has 1 aromatic carbocycles. The van der Waals surface area contributed by atoms with Gasteiger partial charge in [0.1, 0.15) is 0 Å². The quantitative estimate of drug-likeness (QED) is 0.537. The van der Waals surface area contributed by atoms with Gasteiger partial charge in [0.05, 0.1) is 31.4 Å². The van der Waals surface area contributed by atoms with Gasteiger partial charge in [0, 0.05) is 36.8 Å². The summed E-state index contributed by atoms with van der Waals surface area (Å²) in [5.74, 6) is 0.467. The van der Waals surface area contributed by atoms with Crippen LogP contribution in [0.25, 0.3) is 4.96 Å². The normalized spacial score (nSPS) is 11.5. The van der Waals surface area contributed by atoms with Gasteiger partial charge < -0.3 is 14.8 Å². The maximum atomic E-state index is 12.4. The molecule has 0 saturated carbocycles. The molecular weight excluding hydrogens is 404 g/mol. The summed E-state index contributed by atoms with van der Waals surface area (Å²) >= 11 is 1.51. The van der Waals surface area contributed by atoms with Gasteiger partial charge in [-0.25, -0.2) is 18.1 Å². The number of hydrogen-bond donors (Lipinski definition) is 2. The molecule has 0 atom stereocenters. The van der Waals surface area contributed by atoms with Crippen LogP contribution in [0.3, 0.4) is 0 Å². The molecule has 3 aromatic rings. The first kappa shape index (κ1) is 20.1.